The molecule has 2 saturated heterocycles. The lowest BCUT2D eigenvalue weighted by Crippen LogP contribution is -2.39. The lowest BCUT2D eigenvalue weighted by molar-refractivity contribution is 0.163. The Bertz CT molecular complexity index is 350. The van der Waals surface area contributed by atoms with E-state index in [-0.39, 0.29) is 5.54 Å². The van der Waals surface area contributed by atoms with E-state index in [0.717, 1.165) is 12.8 Å². The van der Waals surface area contributed by atoms with Crippen molar-refractivity contribution in [3.63, 3.8) is 0 Å². The molecule has 13 heavy (non-hydrogen) atoms. The van der Waals surface area contributed by atoms with Crippen LogP contribution in [-0.2, 0) is 0 Å². The topological polar surface area (TPSA) is 3.24 Å². The molecule has 0 aliphatic carbocycles. The quantitative estimate of drug-likeness (QED) is 0.595. The molecule has 2 rings (SSSR count). The van der Waals surface area contributed by atoms with Gasteiger partial charge in [-0.05, 0) is 38.1 Å². The van der Waals surface area contributed by atoms with Crippen LogP contribution in [0.15, 0.2) is 12.2 Å². The zero-order chi connectivity index (χ0) is 13.1. The maximum Gasteiger partial charge on any atom is 0.0478 e. The first-order valence-corrected chi connectivity index (χ1v) is 5.11. The molecule has 0 aromatic rings. The van der Waals surface area contributed by atoms with Gasteiger partial charge in [-0.25, -0.2) is 0 Å². The maximum atomic E-state index is 8.10. The average Bonchev–Trinajstić information content (AvgIpc) is 2.46. The van der Waals surface area contributed by atoms with Gasteiger partial charge in [0.25, 0.3) is 0 Å². The van der Waals surface area contributed by atoms with Crippen LogP contribution in [0.25, 0.3) is 0 Å². The lowest BCUT2D eigenvalue weighted by atomic mass is 9.84. The summed E-state index contributed by atoms with van der Waals surface area (Å²) in [6.45, 7) is 4.80. The van der Waals surface area contributed by atoms with Crippen molar-refractivity contribution in [2.45, 2.75) is 45.1 Å². The molecule has 0 unspecified atom stereocenters. The Morgan fingerprint density at radius 1 is 1.69 bits per heavy atom. The lowest BCUT2D eigenvalue weighted by Gasteiger charge is -2.33. The van der Waals surface area contributed by atoms with E-state index >= 15 is 0 Å². The molecule has 0 saturated carbocycles. The highest BCUT2D eigenvalue weighted by Crippen LogP contribution is 2.44. The summed E-state index contributed by atoms with van der Waals surface area (Å²) in [7, 11) is 0. The Labute approximate surface area is 87.4 Å². The van der Waals surface area contributed by atoms with Gasteiger partial charge in [-0.3, -0.25) is 4.90 Å². The summed E-state index contributed by atoms with van der Waals surface area (Å²) in [6, 6.07) is 0. The fourth-order valence-corrected chi connectivity index (χ4v) is 2.63. The third-order valence-electron chi connectivity index (χ3n) is 2.94. The van der Waals surface area contributed by atoms with Crippen LogP contribution in [0.5, 0.6) is 0 Å². The highest BCUT2D eigenvalue weighted by atomic mass is 15.2. The van der Waals surface area contributed by atoms with Crippen LogP contribution in [0.4, 0.5) is 0 Å². The van der Waals surface area contributed by atoms with Gasteiger partial charge in [0.1, 0.15) is 0 Å². The van der Waals surface area contributed by atoms with Crippen LogP contribution in [0, 0.1) is 5.92 Å². The second-order valence-corrected chi connectivity index (χ2v) is 4.71. The Morgan fingerprint density at radius 2 is 2.46 bits per heavy atom. The number of nitrogens with zero attached hydrogens (tertiary/aromatic N) is 1. The molecule has 0 bridgehead atoms. The van der Waals surface area contributed by atoms with Crippen molar-refractivity contribution >= 4 is 0 Å². The Balaban J connectivity index is 2.43. The maximum absolute atomic E-state index is 8.10. The van der Waals surface area contributed by atoms with Gasteiger partial charge >= 0.3 is 0 Å². The molecule has 0 N–H and O–H groups in total. The van der Waals surface area contributed by atoms with E-state index in [1.54, 1.807) is 0 Å². The largest absolute Gasteiger partial charge is 0.293 e. The van der Waals surface area contributed by atoms with Crippen molar-refractivity contribution < 1.29 is 5.48 Å². The van der Waals surface area contributed by atoms with E-state index in [1.807, 2.05) is 0 Å². The highest BCUT2D eigenvalue weighted by Gasteiger charge is 2.45. The third kappa shape index (κ3) is 1.54. The third-order valence-corrected chi connectivity index (χ3v) is 2.94. The van der Waals surface area contributed by atoms with E-state index < -0.39 is 13.0 Å². The second-order valence-electron chi connectivity index (χ2n) is 4.71. The van der Waals surface area contributed by atoms with Crippen molar-refractivity contribution in [1.82, 2.24) is 4.90 Å². The second kappa shape index (κ2) is 3.13. The summed E-state index contributed by atoms with van der Waals surface area (Å²) in [5.41, 5.74) is 0.180. The molecular weight excluding hydrogens is 158 g/mol. The van der Waals surface area contributed by atoms with Gasteiger partial charge < -0.3 is 0 Å². The Kier molecular flexibility index (Phi) is 1.33. The van der Waals surface area contributed by atoms with Crippen LogP contribution in [0.3, 0.4) is 0 Å². The SMILES string of the molecule is [2H]C1([2H])CC[C@@]2(CC(C)C)CC(=C)C([2H])([2H])N12. The van der Waals surface area contributed by atoms with Gasteiger partial charge in [0.15, 0.2) is 0 Å². The Hall–Kier alpha value is -0.300. The smallest absolute Gasteiger partial charge is 0.0478 e. The van der Waals surface area contributed by atoms with E-state index in [1.165, 1.54) is 4.90 Å². The molecular formula is C12H21N. The molecule has 0 radical (unpaired) electrons. The van der Waals surface area contributed by atoms with Crippen molar-refractivity contribution in [3.05, 3.63) is 12.2 Å². The van der Waals surface area contributed by atoms with Gasteiger partial charge in [-0.2, -0.15) is 0 Å². The number of rotatable bonds is 2. The molecule has 0 aromatic heterocycles. The summed E-state index contributed by atoms with van der Waals surface area (Å²) in [4.78, 5) is 1.47. The van der Waals surface area contributed by atoms with Crippen molar-refractivity contribution in [2.75, 3.05) is 13.0 Å². The average molecular weight is 183 g/mol. The van der Waals surface area contributed by atoms with Gasteiger partial charge in [0.2, 0.25) is 0 Å². The van der Waals surface area contributed by atoms with E-state index in [4.69, 9.17) is 5.48 Å². The molecule has 2 aliphatic rings. The first-order chi connectivity index (χ1) is 7.62. The number of fused-ring (bicyclic) bond motifs is 1. The van der Waals surface area contributed by atoms with E-state index in [2.05, 4.69) is 20.4 Å². The minimum absolute atomic E-state index is 0.349. The first-order valence-electron chi connectivity index (χ1n) is 7.11. The van der Waals surface area contributed by atoms with Crippen LogP contribution in [0.2, 0.25) is 0 Å². The zero-order valence-corrected chi connectivity index (χ0v) is 8.56. The van der Waals surface area contributed by atoms with Gasteiger partial charge in [0, 0.05) is 17.5 Å². The molecule has 1 heteroatoms. The molecule has 2 heterocycles. The summed E-state index contributed by atoms with van der Waals surface area (Å²) < 4.78 is 32.3. The fraction of sp³-hybridized carbons (Fsp3) is 0.833. The first kappa shape index (κ1) is 5.55. The standard InChI is InChI=1S/C12H21N/c1-10(2)7-12-5-4-6-13(12)9-11(3)8-12/h10H,3-9H2,1-2H3/t12-/m1/s1/i6D2,9D2. The van der Waals surface area contributed by atoms with Crippen molar-refractivity contribution in [1.29, 1.82) is 0 Å². The summed E-state index contributed by atoms with van der Waals surface area (Å²) in [6.07, 6.45) is 2.59. The molecule has 0 amide bonds. The minimum Gasteiger partial charge on any atom is -0.293 e. The number of hydrogen-bond donors (Lipinski definition) is 0. The van der Waals surface area contributed by atoms with Crippen LogP contribution >= 0.6 is 0 Å². The minimum atomic E-state index is -1.70. The normalized spacial score (nSPS) is 46.8. The predicted molar refractivity (Wildman–Crippen MR) is 56.8 cm³/mol. The van der Waals surface area contributed by atoms with Crippen LogP contribution < -0.4 is 0 Å². The summed E-state index contributed by atoms with van der Waals surface area (Å²) in [5, 5.41) is 0. The van der Waals surface area contributed by atoms with E-state index in [9.17, 15) is 0 Å². The molecule has 1 atom stereocenters. The molecule has 2 aliphatic heterocycles. The van der Waals surface area contributed by atoms with E-state index in [0.29, 0.717) is 24.3 Å². The zero-order valence-electron chi connectivity index (χ0n) is 12.6. The fourth-order valence-electron chi connectivity index (χ4n) is 2.63. The summed E-state index contributed by atoms with van der Waals surface area (Å²) in [5.74, 6) is 0.438. The van der Waals surface area contributed by atoms with Gasteiger partial charge in [0.05, 0.1) is 0 Å². The van der Waals surface area contributed by atoms with Gasteiger partial charge in [-0.1, -0.05) is 26.0 Å². The Morgan fingerprint density at radius 3 is 3.15 bits per heavy atom. The van der Waals surface area contributed by atoms with Gasteiger partial charge in [-0.15, -0.1) is 0 Å². The molecule has 2 fully saturated rings. The molecule has 0 spiro atoms. The molecule has 0 aromatic carbocycles. The van der Waals surface area contributed by atoms with Crippen LogP contribution in [-0.4, -0.2) is 23.4 Å². The molecule has 1 nitrogen and oxygen atoms in total. The summed E-state index contributed by atoms with van der Waals surface area (Å²) >= 11 is 0. The number of hydrogen-bond acceptors (Lipinski definition) is 1. The van der Waals surface area contributed by atoms with Crippen molar-refractivity contribution in [2.24, 2.45) is 5.92 Å². The van der Waals surface area contributed by atoms with Crippen LogP contribution in [0.1, 0.15) is 45.0 Å². The highest BCUT2D eigenvalue weighted by molar-refractivity contribution is 5.17. The monoisotopic (exact) mass is 183 g/mol. The van der Waals surface area contributed by atoms with Crippen molar-refractivity contribution in [3.8, 4) is 0 Å². The molecule has 74 valence electrons. The predicted octanol–water partition coefficient (Wildman–Crippen LogP) is 2.83.